The maximum atomic E-state index is 5.15. The first-order valence-corrected chi connectivity index (χ1v) is 4.92. The molecule has 1 heterocycles. The van der Waals surface area contributed by atoms with E-state index < -0.39 is 0 Å². The fraction of sp³-hybridized carbons (Fsp3) is 1.00. The Morgan fingerprint density at radius 2 is 1.82 bits per heavy atom. The van der Waals surface area contributed by atoms with E-state index in [1.807, 2.05) is 0 Å². The number of ether oxygens (including phenoxy) is 1. The molecule has 0 bridgehead atoms. The summed E-state index contributed by atoms with van der Waals surface area (Å²) in [5.74, 6) is 0.875. The molecule has 1 saturated heterocycles. The largest absolute Gasteiger partial charge is 0.381 e. The molecule has 1 fully saturated rings. The molecule has 1 rings (SSSR count). The quantitative estimate of drug-likeness (QED) is 0.599. The van der Waals surface area contributed by atoms with Crippen LogP contribution in [0.2, 0.25) is 0 Å². The Bertz CT molecular complexity index is 63.3. The molecular formula is C10H22O. The molecule has 1 aliphatic heterocycles. The van der Waals surface area contributed by atoms with Crippen LogP contribution in [-0.2, 0) is 4.74 Å². The third-order valence-electron chi connectivity index (χ3n) is 2.10. The summed E-state index contributed by atoms with van der Waals surface area (Å²) in [5.41, 5.74) is 0. The smallest absolute Gasteiger partial charge is 0.0495 e. The van der Waals surface area contributed by atoms with E-state index >= 15 is 0 Å². The van der Waals surface area contributed by atoms with E-state index in [0.29, 0.717) is 0 Å². The molecule has 0 spiro atoms. The molecule has 0 aromatic heterocycles. The lowest BCUT2D eigenvalue weighted by Gasteiger charge is -1.97. The molecule has 1 heteroatoms. The predicted molar refractivity (Wildman–Crippen MR) is 49.8 cm³/mol. The van der Waals surface area contributed by atoms with E-state index in [2.05, 4.69) is 20.8 Å². The van der Waals surface area contributed by atoms with E-state index in [-0.39, 0.29) is 0 Å². The van der Waals surface area contributed by atoms with Crippen LogP contribution >= 0.6 is 0 Å². The van der Waals surface area contributed by atoms with Gasteiger partial charge in [-0.3, -0.25) is 0 Å². The van der Waals surface area contributed by atoms with Gasteiger partial charge in [-0.05, 0) is 12.3 Å². The van der Waals surface area contributed by atoms with Crippen LogP contribution in [0.15, 0.2) is 0 Å². The first-order chi connectivity index (χ1) is 5.35. The minimum Gasteiger partial charge on any atom is -0.381 e. The van der Waals surface area contributed by atoms with E-state index in [4.69, 9.17) is 4.74 Å². The minimum absolute atomic E-state index is 0.875. The Morgan fingerprint density at radius 3 is 2.00 bits per heavy atom. The molecule has 0 aromatic rings. The van der Waals surface area contributed by atoms with E-state index in [9.17, 15) is 0 Å². The Hall–Kier alpha value is -0.0400. The Morgan fingerprint density at radius 1 is 1.18 bits per heavy atom. The summed E-state index contributed by atoms with van der Waals surface area (Å²) in [7, 11) is 0. The van der Waals surface area contributed by atoms with Crippen molar-refractivity contribution in [1.29, 1.82) is 0 Å². The van der Waals surface area contributed by atoms with Crippen LogP contribution in [0.3, 0.4) is 0 Å². The Labute approximate surface area is 71.1 Å². The number of hydrogen-bond acceptors (Lipinski definition) is 1. The zero-order valence-electron chi connectivity index (χ0n) is 8.23. The van der Waals surface area contributed by atoms with Crippen molar-refractivity contribution in [3.63, 3.8) is 0 Å². The second-order valence-corrected chi connectivity index (χ2v) is 3.14. The maximum Gasteiger partial charge on any atom is 0.0495 e. The average molecular weight is 158 g/mol. The average Bonchev–Trinajstić information content (AvgIpc) is 2.56. The van der Waals surface area contributed by atoms with Crippen LogP contribution in [0.1, 0.15) is 46.5 Å². The summed E-state index contributed by atoms with van der Waals surface area (Å²) in [6.07, 6.45) is 5.22. The van der Waals surface area contributed by atoms with Crippen molar-refractivity contribution in [3.05, 3.63) is 0 Å². The second kappa shape index (κ2) is 8.06. The number of unbranched alkanes of at least 4 members (excludes halogenated alkanes) is 1. The minimum atomic E-state index is 0.875. The first-order valence-electron chi connectivity index (χ1n) is 4.92. The fourth-order valence-electron chi connectivity index (χ4n) is 0.905. The van der Waals surface area contributed by atoms with Crippen molar-refractivity contribution >= 4 is 0 Å². The monoisotopic (exact) mass is 158 g/mol. The van der Waals surface area contributed by atoms with Gasteiger partial charge in [0.2, 0.25) is 0 Å². The lowest BCUT2D eigenvalue weighted by atomic mass is 10.1. The van der Waals surface area contributed by atoms with Crippen molar-refractivity contribution in [2.24, 2.45) is 5.92 Å². The van der Waals surface area contributed by atoms with Crippen LogP contribution in [-0.4, -0.2) is 13.2 Å². The predicted octanol–water partition coefficient (Wildman–Crippen LogP) is 3.24. The van der Waals surface area contributed by atoms with Crippen molar-refractivity contribution in [2.45, 2.75) is 46.5 Å². The van der Waals surface area contributed by atoms with E-state index in [1.54, 1.807) is 0 Å². The van der Waals surface area contributed by atoms with Gasteiger partial charge >= 0.3 is 0 Å². The summed E-state index contributed by atoms with van der Waals surface area (Å²) < 4.78 is 5.15. The lowest BCUT2D eigenvalue weighted by Crippen LogP contribution is -1.94. The van der Waals surface area contributed by atoms with Crippen LogP contribution in [0.4, 0.5) is 0 Å². The lowest BCUT2D eigenvalue weighted by molar-refractivity contribution is 0.185. The van der Waals surface area contributed by atoms with E-state index in [0.717, 1.165) is 19.1 Å². The maximum absolute atomic E-state index is 5.15. The van der Waals surface area contributed by atoms with Gasteiger partial charge in [0.25, 0.3) is 0 Å². The molecule has 0 saturated carbocycles. The molecule has 1 atom stereocenters. The molecule has 1 aliphatic rings. The summed E-state index contributed by atoms with van der Waals surface area (Å²) in [6, 6.07) is 0. The van der Waals surface area contributed by atoms with Gasteiger partial charge in [-0.25, -0.2) is 0 Å². The summed E-state index contributed by atoms with van der Waals surface area (Å²) in [6.45, 7) is 8.59. The van der Waals surface area contributed by atoms with Gasteiger partial charge in [0.05, 0.1) is 0 Å². The molecule has 0 aromatic carbocycles. The van der Waals surface area contributed by atoms with Gasteiger partial charge in [0, 0.05) is 13.2 Å². The van der Waals surface area contributed by atoms with E-state index in [1.165, 1.54) is 25.7 Å². The molecule has 0 radical (unpaired) electrons. The fourth-order valence-corrected chi connectivity index (χ4v) is 0.905. The molecule has 0 amide bonds. The van der Waals surface area contributed by atoms with Gasteiger partial charge in [-0.15, -0.1) is 0 Å². The first kappa shape index (κ1) is 11.0. The van der Waals surface area contributed by atoms with Gasteiger partial charge in [0.1, 0.15) is 0 Å². The molecule has 11 heavy (non-hydrogen) atoms. The molecule has 68 valence electrons. The topological polar surface area (TPSA) is 9.23 Å². The zero-order chi connectivity index (χ0) is 8.53. The Kier molecular flexibility index (Phi) is 8.03. The second-order valence-electron chi connectivity index (χ2n) is 3.14. The highest BCUT2D eigenvalue weighted by atomic mass is 16.5. The highest BCUT2D eigenvalue weighted by Gasteiger charge is 2.11. The SMILES string of the molecule is CCC1CCOC1.CCCC. The van der Waals surface area contributed by atoms with Crippen LogP contribution in [0.5, 0.6) is 0 Å². The van der Waals surface area contributed by atoms with Crippen LogP contribution in [0.25, 0.3) is 0 Å². The zero-order valence-corrected chi connectivity index (χ0v) is 8.23. The summed E-state index contributed by atoms with van der Waals surface area (Å²) in [5, 5.41) is 0. The number of hydrogen-bond donors (Lipinski definition) is 0. The molecule has 0 N–H and O–H groups in total. The third-order valence-corrected chi connectivity index (χ3v) is 2.10. The molecular weight excluding hydrogens is 136 g/mol. The van der Waals surface area contributed by atoms with Gasteiger partial charge in [-0.2, -0.15) is 0 Å². The van der Waals surface area contributed by atoms with Crippen molar-refractivity contribution in [3.8, 4) is 0 Å². The van der Waals surface area contributed by atoms with Gasteiger partial charge in [-0.1, -0.05) is 40.0 Å². The highest BCUT2D eigenvalue weighted by molar-refractivity contribution is 4.60. The molecule has 0 aliphatic carbocycles. The van der Waals surface area contributed by atoms with Crippen molar-refractivity contribution in [1.82, 2.24) is 0 Å². The molecule has 1 unspecified atom stereocenters. The van der Waals surface area contributed by atoms with Crippen molar-refractivity contribution < 1.29 is 4.74 Å². The van der Waals surface area contributed by atoms with Gasteiger partial charge < -0.3 is 4.74 Å². The van der Waals surface area contributed by atoms with Crippen LogP contribution in [0, 0.1) is 5.92 Å². The standard InChI is InChI=1S/C6H12O.C4H10/c1-2-6-3-4-7-5-6;1-3-4-2/h6H,2-5H2,1H3;3-4H2,1-2H3. The number of rotatable bonds is 2. The molecule has 1 nitrogen and oxygen atoms in total. The highest BCUT2D eigenvalue weighted by Crippen LogP contribution is 2.14. The van der Waals surface area contributed by atoms with Crippen molar-refractivity contribution in [2.75, 3.05) is 13.2 Å². The Balaban J connectivity index is 0.000000218. The summed E-state index contributed by atoms with van der Waals surface area (Å²) >= 11 is 0. The third kappa shape index (κ3) is 6.36. The van der Waals surface area contributed by atoms with Gasteiger partial charge in [0.15, 0.2) is 0 Å². The summed E-state index contributed by atoms with van der Waals surface area (Å²) in [4.78, 5) is 0. The van der Waals surface area contributed by atoms with Crippen LogP contribution < -0.4 is 0 Å². The normalized spacial score (nSPS) is 22.6.